The van der Waals surface area contributed by atoms with Crippen molar-refractivity contribution in [3.8, 4) is 11.4 Å². The lowest BCUT2D eigenvalue weighted by Gasteiger charge is -2.05. The fourth-order valence-corrected chi connectivity index (χ4v) is 1.90. The van der Waals surface area contributed by atoms with Crippen molar-refractivity contribution in [1.29, 1.82) is 0 Å². The van der Waals surface area contributed by atoms with Crippen LogP contribution in [0.4, 0.5) is 4.39 Å². The van der Waals surface area contributed by atoms with E-state index in [-0.39, 0.29) is 5.69 Å². The molecule has 0 unspecified atom stereocenters. The number of carbonyl (C=O) groups is 1. The zero-order valence-corrected chi connectivity index (χ0v) is 11.8. The molecular formula is C15H11FN6O. The van der Waals surface area contributed by atoms with E-state index in [4.69, 9.17) is 0 Å². The summed E-state index contributed by atoms with van der Waals surface area (Å²) >= 11 is 0. The van der Waals surface area contributed by atoms with Crippen LogP contribution in [0.1, 0.15) is 16.1 Å². The van der Waals surface area contributed by atoms with Crippen molar-refractivity contribution in [3.63, 3.8) is 0 Å². The second kappa shape index (κ2) is 6.65. The minimum absolute atomic E-state index is 0.0384. The van der Waals surface area contributed by atoms with Crippen molar-refractivity contribution in [2.24, 2.45) is 0 Å². The Morgan fingerprint density at radius 1 is 1.04 bits per heavy atom. The van der Waals surface area contributed by atoms with Gasteiger partial charge in [-0.2, -0.15) is 4.39 Å². The fraction of sp³-hybridized carbons (Fsp3) is 0.0667. The molecule has 0 aliphatic carbocycles. The van der Waals surface area contributed by atoms with Gasteiger partial charge in [0.1, 0.15) is 5.69 Å². The molecule has 3 rings (SSSR count). The molecule has 2 heterocycles. The molecule has 1 aromatic carbocycles. The number of nitrogens with one attached hydrogen (secondary N) is 1. The molecule has 8 heteroatoms. The monoisotopic (exact) mass is 310 g/mol. The first kappa shape index (κ1) is 14.6. The van der Waals surface area contributed by atoms with Gasteiger partial charge in [0.15, 0.2) is 6.33 Å². The Morgan fingerprint density at radius 3 is 2.48 bits per heavy atom. The van der Waals surface area contributed by atoms with E-state index >= 15 is 0 Å². The average Bonchev–Trinajstić information content (AvgIpc) is 2.61. The van der Waals surface area contributed by atoms with Crippen LogP contribution in [-0.4, -0.2) is 31.3 Å². The predicted molar refractivity (Wildman–Crippen MR) is 78.4 cm³/mol. The van der Waals surface area contributed by atoms with Crippen LogP contribution >= 0.6 is 0 Å². The summed E-state index contributed by atoms with van der Waals surface area (Å²) in [6.45, 7) is 0.295. The SMILES string of the molecule is O=C(NCc1ccc(-c2nncnn2)cc1)c1cccc(F)n1. The lowest BCUT2D eigenvalue weighted by Crippen LogP contribution is -2.24. The molecule has 0 aliphatic heterocycles. The highest BCUT2D eigenvalue weighted by atomic mass is 19.1. The minimum Gasteiger partial charge on any atom is -0.347 e. The third-order valence-electron chi connectivity index (χ3n) is 3.02. The quantitative estimate of drug-likeness (QED) is 0.732. The van der Waals surface area contributed by atoms with Gasteiger partial charge >= 0.3 is 0 Å². The Hall–Kier alpha value is -3.29. The first-order chi connectivity index (χ1) is 11.2. The van der Waals surface area contributed by atoms with E-state index in [0.29, 0.717) is 12.4 Å². The van der Waals surface area contributed by atoms with Crippen LogP contribution in [0.25, 0.3) is 11.4 Å². The third kappa shape index (κ3) is 3.67. The van der Waals surface area contributed by atoms with Gasteiger partial charge in [0.2, 0.25) is 11.8 Å². The lowest BCUT2D eigenvalue weighted by atomic mass is 10.1. The zero-order valence-electron chi connectivity index (χ0n) is 11.8. The molecule has 1 amide bonds. The number of hydrogen-bond donors (Lipinski definition) is 1. The zero-order chi connectivity index (χ0) is 16.1. The van der Waals surface area contributed by atoms with Crippen molar-refractivity contribution in [2.75, 3.05) is 0 Å². The standard InChI is InChI=1S/C15H11FN6O/c16-13-3-1-2-12(20-13)15(23)17-8-10-4-6-11(7-5-10)14-21-18-9-19-22-14/h1-7,9H,8H2,(H,17,23). The van der Waals surface area contributed by atoms with Crippen molar-refractivity contribution in [2.45, 2.75) is 6.54 Å². The molecule has 0 bridgehead atoms. The molecule has 23 heavy (non-hydrogen) atoms. The number of halogens is 1. The number of aromatic nitrogens is 5. The lowest BCUT2D eigenvalue weighted by molar-refractivity contribution is 0.0944. The summed E-state index contributed by atoms with van der Waals surface area (Å²) in [6, 6.07) is 11.3. The van der Waals surface area contributed by atoms with Gasteiger partial charge in [-0.3, -0.25) is 4.79 Å². The molecule has 2 aromatic heterocycles. The van der Waals surface area contributed by atoms with E-state index in [2.05, 4.69) is 30.7 Å². The van der Waals surface area contributed by atoms with Gasteiger partial charge in [-0.15, -0.1) is 20.4 Å². The van der Waals surface area contributed by atoms with Gasteiger partial charge in [-0.25, -0.2) is 4.98 Å². The van der Waals surface area contributed by atoms with Gasteiger partial charge in [0.25, 0.3) is 5.91 Å². The van der Waals surface area contributed by atoms with Crippen LogP contribution in [0.5, 0.6) is 0 Å². The summed E-state index contributed by atoms with van der Waals surface area (Å²) < 4.78 is 13.0. The molecule has 0 aliphatic rings. The van der Waals surface area contributed by atoms with E-state index in [0.717, 1.165) is 11.1 Å². The van der Waals surface area contributed by atoms with Crippen LogP contribution < -0.4 is 5.32 Å². The molecule has 0 radical (unpaired) electrons. The second-order valence-electron chi connectivity index (χ2n) is 4.60. The van der Waals surface area contributed by atoms with Gasteiger partial charge in [-0.05, 0) is 17.7 Å². The van der Waals surface area contributed by atoms with Crippen LogP contribution in [0, 0.1) is 5.95 Å². The largest absolute Gasteiger partial charge is 0.347 e. The molecule has 3 aromatic rings. The van der Waals surface area contributed by atoms with Crippen LogP contribution in [0.2, 0.25) is 0 Å². The summed E-state index contributed by atoms with van der Waals surface area (Å²) in [4.78, 5) is 15.4. The average molecular weight is 310 g/mol. The van der Waals surface area contributed by atoms with E-state index in [1.807, 2.05) is 12.1 Å². The maximum atomic E-state index is 13.0. The minimum atomic E-state index is -0.688. The second-order valence-corrected chi connectivity index (χ2v) is 4.60. The number of hydrogen-bond acceptors (Lipinski definition) is 6. The maximum Gasteiger partial charge on any atom is 0.270 e. The van der Waals surface area contributed by atoms with Crippen LogP contribution in [-0.2, 0) is 6.54 Å². The Balaban J connectivity index is 1.64. The number of rotatable bonds is 4. The van der Waals surface area contributed by atoms with Crippen molar-refractivity contribution >= 4 is 5.91 Å². The highest BCUT2D eigenvalue weighted by molar-refractivity contribution is 5.92. The van der Waals surface area contributed by atoms with Crippen LogP contribution in [0.15, 0.2) is 48.8 Å². The normalized spacial score (nSPS) is 10.3. The molecule has 1 N–H and O–H groups in total. The number of benzene rings is 1. The third-order valence-corrected chi connectivity index (χ3v) is 3.02. The number of amides is 1. The van der Waals surface area contributed by atoms with Gasteiger partial charge in [-0.1, -0.05) is 30.3 Å². The Kier molecular flexibility index (Phi) is 4.23. The first-order valence-corrected chi connectivity index (χ1v) is 6.73. The van der Waals surface area contributed by atoms with Crippen LogP contribution in [0.3, 0.4) is 0 Å². The fourth-order valence-electron chi connectivity index (χ4n) is 1.90. The Morgan fingerprint density at radius 2 is 1.78 bits per heavy atom. The topological polar surface area (TPSA) is 93.6 Å². The molecular weight excluding hydrogens is 299 g/mol. The molecule has 0 saturated carbocycles. The summed E-state index contributed by atoms with van der Waals surface area (Å²) in [5.74, 6) is -0.701. The molecule has 114 valence electrons. The highest BCUT2D eigenvalue weighted by Gasteiger charge is 2.08. The van der Waals surface area contributed by atoms with Crippen molar-refractivity contribution < 1.29 is 9.18 Å². The van der Waals surface area contributed by atoms with Gasteiger partial charge in [0, 0.05) is 12.1 Å². The van der Waals surface area contributed by atoms with Crippen molar-refractivity contribution in [1.82, 2.24) is 30.7 Å². The Bertz CT molecular complexity index is 810. The molecule has 0 atom stereocenters. The predicted octanol–water partition coefficient (Wildman–Crippen LogP) is 1.40. The summed E-state index contributed by atoms with van der Waals surface area (Å²) in [7, 11) is 0. The van der Waals surface area contributed by atoms with E-state index in [1.165, 1.54) is 24.5 Å². The van der Waals surface area contributed by atoms with E-state index in [9.17, 15) is 9.18 Å². The molecule has 0 fully saturated rings. The number of nitrogens with zero attached hydrogens (tertiary/aromatic N) is 5. The number of pyridine rings is 1. The van der Waals surface area contributed by atoms with E-state index < -0.39 is 11.9 Å². The summed E-state index contributed by atoms with van der Waals surface area (Å²) in [5, 5.41) is 17.7. The van der Waals surface area contributed by atoms with E-state index in [1.54, 1.807) is 12.1 Å². The Labute approximate surface area is 130 Å². The summed E-state index contributed by atoms with van der Waals surface area (Å²) in [5.41, 5.74) is 1.68. The van der Waals surface area contributed by atoms with Gasteiger partial charge < -0.3 is 5.32 Å². The molecule has 0 spiro atoms. The highest BCUT2D eigenvalue weighted by Crippen LogP contribution is 2.13. The maximum absolute atomic E-state index is 13.0. The molecule has 0 saturated heterocycles. The van der Waals surface area contributed by atoms with Crippen molar-refractivity contribution in [3.05, 3.63) is 66.0 Å². The number of carbonyl (C=O) groups excluding carboxylic acids is 1. The molecule has 7 nitrogen and oxygen atoms in total. The first-order valence-electron chi connectivity index (χ1n) is 6.73. The summed E-state index contributed by atoms with van der Waals surface area (Å²) in [6.07, 6.45) is 1.26. The smallest absolute Gasteiger partial charge is 0.270 e. The van der Waals surface area contributed by atoms with Gasteiger partial charge in [0.05, 0.1) is 0 Å².